The van der Waals surface area contributed by atoms with Gasteiger partial charge in [0.2, 0.25) is 5.91 Å². The molecular weight excluding hydrogens is 252 g/mol. The van der Waals surface area contributed by atoms with E-state index in [1.165, 1.54) is 0 Å². The van der Waals surface area contributed by atoms with Crippen LogP contribution in [0, 0.1) is 0 Å². The molecule has 20 heavy (non-hydrogen) atoms. The number of carbonyl (C=O) groups excluding carboxylic acids is 1. The Labute approximate surface area is 121 Å². The first kappa shape index (κ1) is 16.4. The summed E-state index contributed by atoms with van der Waals surface area (Å²) < 4.78 is 0. The lowest BCUT2D eigenvalue weighted by Gasteiger charge is -2.17. The minimum absolute atomic E-state index is 0.0442. The van der Waals surface area contributed by atoms with Crippen LogP contribution < -0.4 is 10.6 Å². The maximum absolute atomic E-state index is 11.7. The highest BCUT2D eigenvalue weighted by Gasteiger charge is 2.08. The van der Waals surface area contributed by atoms with Gasteiger partial charge in [-0.2, -0.15) is 0 Å². The lowest BCUT2D eigenvalue weighted by molar-refractivity contribution is -0.122. The summed E-state index contributed by atoms with van der Waals surface area (Å²) in [6.45, 7) is 8.05. The van der Waals surface area contributed by atoms with Crippen molar-refractivity contribution in [3.05, 3.63) is 24.0 Å². The highest BCUT2D eigenvalue weighted by molar-refractivity contribution is 5.78. The number of nitrogens with zero attached hydrogens (tertiary/aromatic N) is 2. The zero-order valence-electron chi connectivity index (χ0n) is 12.9. The lowest BCUT2D eigenvalue weighted by atomic mass is 10.3. The van der Waals surface area contributed by atoms with E-state index < -0.39 is 0 Å². The van der Waals surface area contributed by atoms with Crippen molar-refractivity contribution in [3.63, 3.8) is 0 Å². The maximum Gasteiger partial charge on any atom is 0.234 e. The fourth-order valence-electron chi connectivity index (χ4n) is 1.89. The molecule has 0 radical (unpaired) electrons. The zero-order chi connectivity index (χ0) is 15.0. The van der Waals surface area contributed by atoms with Crippen molar-refractivity contribution in [2.24, 2.45) is 0 Å². The molecule has 1 rings (SSSR count). The van der Waals surface area contributed by atoms with Gasteiger partial charge in [-0.1, -0.05) is 6.92 Å². The third kappa shape index (κ3) is 6.52. The number of anilines is 1. The summed E-state index contributed by atoms with van der Waals surface area (Å²) >= 11 is 0. The van der Waals surface area contributed by atoms with E-state index in [4.69, 9.17) is 0 Å². The SMILES string of the molecule is CCCNc1ccnc(CN(C)CC(=O)NC(C)C)c1. The van der Waals surface area contributed by atoms with Gasteiger partial charge in [-0.3, -0.25) is 14.7 Å². The second kappa shape index (κ2) is 8.53. The largest absolute Gasteiger partial charge is 0.385 e. The number of rotatable bonds is 8. The first-order valence-electron chi connectivity index (χ1n) is 7.18. The third-order valence-electron chi connectivity index (χ3n) is 2.69. The van der Waals surface area contributed by atoms with Crippen LogP contribution in [0.25, 0.3) is 0 Å². The summed E-state index contributed by atoms with van der Waals surface area (Å²) in [5.74, 6) is 0.0442. The molecule has 5 nitrogen and oxygen atoms in total. The number of nitrogens with one attached hydrogen (secondary N) is 2. The number of hydrogen-bond donors (Lipinski definition) is 2. The van der Waals surface area contributed by atoms with Crippen molar-refractivity contribution in [2.75, 3.05) is 25.5 Å². The Kier molecular flexibility index (Phi) is 7.01. The maximum atomic E-state index is 11.7. The summed E-state index contributed by atoms with van der Waals surface area (Å²) in [6.07, 6.45) is 2.89. The van der Waals surface area contributed by atoms with E-state index >= 15 is 0 Å². The van der Waals surface area contributed by atoms with Gasteiger partial charge >= 0.3 is 0 Å². The van der Waals surface area contributed by atoms with Crippen LogP contribution >= 0.6 is 0 Å². The van der Waals surface area contributed by atoms with Gasteiger partial charge in [0.25, 0.3) is 0 Å². The van der Waals surface area contributed by atoms with E-state index in [1.54, 1.807) is 6.20 Å². The molecule has 5 heteroatoms. The second-order valence-corrected chi connectivity index (χ2v) is 5.36. The number of amides is 1. The standard InChI is InChI=1S/C15H26N4O/c1-5-7-16-13-6-8-17-14(9-13)10-19(4)11-15(20)18-12(2)3/h6,8-9,12H,5,7,10-11H2,1-4H3,(H,16,17)(H,18,20). The fourth-order valence-corrected chi connectivity index (χ4v) is 1.89. The highest BCUT2D eigenvalue weighted by Crippen LogP contribution is 2.09. The average Bonchev–Trinajstić information content (AvgIpc) is 2.35. The van der Waals surface area contributed by atoms with Crippen LogP contribution in [0.4, 0.5) is 5.69 Å². The van der Waals surface area contributed by atoms with Gasteiger partial charge in [0, 0.05) is 31.0 Å². The van der Waals surface area contributed by atoms with Crippen LogP contribution in [0.1, 0.15) is 32.9 Å². The van der Waals surface area contributed by atoms with E-state index in [1.807, 2.05) is 37.9 Å². The summed E-state index contributed by atoms with van der Waals surface area (Å²) in [5, 5.41) is 6.22. The molecule has 1 amide bonds. The summed E-state index contributed by atoms with van der Waals surface area (Å²) in [4.78, 5) is 18.0. The molecule has 0 aliphatic carbocycles. The topological polar surface area (TPSA) is 57.3 Å². The van der Waals surface area contributed by atoms with Gasteiger partial charge < -0.3 is 10.6 Å². The number of likely N-dealkylation sites (N-methyl/N-ethyl adjacent to an activating group) is 1. The fraction of sp³-hybridized carbons (Fsp3) is 0.600. The monoisotopic (exact) mass is 278 g/mol. The van der Waals surface area contributed by atoms with Crippen molar-refractivity contribution >= 4 is 11.6 Å². The van der Waals surface area contributed by atoms with Crippen LogP contribution in [-0.4, -0.2) is 42.0 Å². The molecule has 0 aromatic carbocycles. The molecule has 0 spiro atoms. The average molecular weight is 278 g/mol. The second-order valence-electron chi connectivity index (χ2n) is 5.36. The molecule has 2 N–H and O–H groups in total. The van der Waals surface area contributed by atoms with E-state index in [9.17, 15) is 4.79 Å². The van der Waals surface area contributed by atoms with Crippen molar-refractivity contribution in [1.29, 1.82) is 0 Å². The minimum Gasteiger partial charge on any atom is -0.385 e. The zero-order valence-corrected chi connectivity index (χ0v) is 12.9. The van der Waals surface area contributed by atoms with Gasteiger partial charge in [-0.15, -0.1) is 0 Å². The Balaban J connectivity index is 2.48. The number of carbonyl (C=O) groups is 1. The van der Waals surface area contributed by atoms with Gasteiger partial charge in [-0.05, 0) is 39.4 Å². The van der Waals surface area contributed by atoms with Crippen LogP contribution in [0.15, 0.2) is 18.3 Å². The third-order valence-corrected chi connectivity index (χ3v) is 2.69. The Morgan fingerprint density at radius 3 is 2.85 bits per heavy atom. The quantitative estimate of drug-likeness (QED) is 0.762. The summed E-state index contributed by atoms with van der Waals surface area (Å²) in [7, 11) is 1.92. The van der Waals surface area contributed by atoms with Gasteiger partial charge in [0.1, 0.15) is 0 Å². The first-order valence-corrected chi connectivity index (χ1v) is 7.18. The molecule has 0 fully saturated rings. The molecule has 0 unspecified atom stereocenters. The van der Waals surface area contributed by atoms with Gasteiger partial charge in [-0.25, -0.2) is 0 Å². The van der Waals surface area contributed by atoms with Gasteiger partial charge in [0.15, 0.2) is 0 Å². The molecule has 0 aliphatic rings. The molecule has 0 bridgehead atoms. The van der Waals surface area contributed by atoms with E-state index in [2.05, 4.69) is 22.5 Å². The van der Waals surface area contributed by atoms with Crippen LogP contribution in [0.5, 0.6) is 0 Å². The van der Waals surface area contributed by atoms with Crippen LogP contribution in [-0.2, 0) is 11.3 Å². The molecule has 0 saturated carbocycles. The summed E-state index contributed by atoms with van der Waals surface area (Å²) in [6, 6.07) is 4.17. The van der Waals surface area contributed by atoms with Crippen LogP contribution in [0.2, 0.25) is 0 Å². The Bertz CT molecular complexity index is 420. The smallest absolute Gasteiger partial charge is 0.234 e. The van der Waals surface area contributed by atoms with Crippen molar-refractivity contribution in [1.82, 2.24) is 15.2 Å². The van der Waals surface area contributed by atoms with Gasteiger partial charge in [0.05, 0.1) is 12.2 Å². The lowest BCUT2D eigenvalue weighted by Crippen LogP contribution is -2.38. The Hall–Kier alpha value is -1.62. The molecule has 0 saturated heterocycles. The molecule has 0 atom stereocenters. The summed E-state index contributed by atoms with van der Waals surface area (Å²) in [5.41, 5.74) is 2.04. The van der Waals surface area contributed by atoms with Crippen molar-refractivity contribution in [2.45, 2.75) is 39.8 Å². The normalized spacial score (nSPS) is 10.9. The molecule has 0 aliphatic heterocycles. The van der Waals surface area contributed by atoms with Crippen molar-refractivity contribution in [3.8, 4) is 0 Å². The molecule has 1 aromatic heterocycles. The van der Waals surface area contributed by atoms with Crippen LogP contribution in [0.3, 0.4) is 0 Å². The Morgan fingerprint density at radius 1 is 1.45 bits per heavy atom. The number of hydrogen-bond acceptors (Lipinski definition) is 4. The number of pyridine rings is 1. The predicted molar refractivity (Wildman–Crippen MR) is 82.6 cm³/mol. The number of aromatic nitrogens is 1. The molecular formula is C15H26N4O. The van der Waals surface area contributed by atoms with E-state index in [-0.39, 0.29) is 11.9 Å². The van der Waals surface area contributed by atoms with E-state index in [0.29, 0.717) is 13.1 Å². The Morgan fingerprint density at radius 2 is 2.20 bits per heavy atom. The molecule has 1 aromatic rings. The highest BCUT2D eigenvalue weighted by atomic mass is 16.2. The van der Waals surface area contributed by atoms with E-state index in [0.717, 1.165) is 24.3 Å². The predicted octanol–water partition coefficient (Wildman–Crippen LogP) is 1.86. The first-order chi connectivity index (χ1) is 9.51. The minimum atomic E-state index is 0.0442. The van der Waals surface area contributed by atoms with Crippen molar-refractivity contribution < 1.29 is 4.79 Å². The molecule has 112 valence electrons. The molecule has 1 heterocycles.